The molecule has 1 N–H and O–H groups in total. The van der Waals surface area contributed by atoms with Crippen LogP contribution in [0.15, 0.2) is 0 Å². The second-order valence-corrected chi connectivity index (χ2v) is 4.59. The zero-order valence-corrected chi connectivity index (χ0v) is 10.3. The Morgan fingerprint density at radius 1 is 1.50 bits per heavy atom. The second kappa shape index (κ2) is 6.51. The van der Waals surface area contributed by atoms with Crippen molar-refractivity contribution in [2.75, 3.05) is 26.7 Å². The van der Waals surface area contributed by atoms with Crippen molar-refractivity contribution in [3.8, 4) is 0 Å². The second-order valence-electron chi connectivity index (χ2n) is 4.59. The number of carbonyl (C=O) groups is 2. The molecular weight excluding hydrogens is 246 g/mol. The van der Waals surface area contributed by atoms with Gasteiger partial charge in [0, 0.05) is 26.6 Å². The summed E-state index contributed by atoms with van der Waals surface area (Å²) in [5.74, 6) is -0.695. The van der Waals surface area contributed by atoms with E-state index in [4.69, 9.17) is 5.11 Å². The number of urea groups is 1. The molecule has 0 spiro atoms. The minimum absolute atomic E-state index is 0.0829. The first-order chi connectivity index (χ1) is 8.40. The van der Waals surface area contributed by atoms with Gasteiger partial charge < -0.3 is 14.9 Å². The number of hydrogen-bond acceptors (Lipinski definition) is 2. The van der Waals surface area contributed by atoms with E-state index in [2.05, 4.69) is 0 Å². The number of halogens is 2. The number of carboxylic acid groups (broad SMARTS) is 1. The van der Waals surface area contributed by atoms with Gasteiger partial charge in [-0.1, -0.05) is 0 Å². The third-order valence-electron chi connectivity index (χ3n) is 3.06. The third kappa shape index (κ3) is 4.46. The monoisotopic (exact) mass is 264 g/mol. The highest BCUT2D eigenvalue weighted by molar-refractivity contribution is 5.74. The highest BCUT2D eigenvalue weighted by atomic mass is 19.3. The molecule has 1 unspecified atom stereocenters. The molecular formula is C11H18F2N2O3. The van der Waals surface area contributed by atoms with E-state index in [9.17, 15) is 18.4 Å². The summed E-state index contributed by atoms with van der Waals surface area (Å²) in [6, 6.07) is -0.409. The van der Waals surface area contributed by atoms with Crippen LogP contribution in [-0.2, 0) is 4.79 Å². The van der Waals surface area contributed by atoms with Gasteiger partial charge in [-0.2, -0.15) is 0 Å². The van der Waals surface area contributed by atoms with Gasteiger partial charge in [0.1, 0.15) is 0 Å². The molecule has 0 aliphatic carbocycles. The Kier molecular flexibility index (Phi) is 5.30. The zero-order chi connectivity index (χ0) is 13.7. The van der Waals surface area contributed by atoms with Crippen LogP contribution in [0.2, 0.25) is 0 Å². The molecule has 0 bridgehead atoms. The molecule has 7 heteroatoms. The van der Waals surface area contributed by atoms with Crippen LogP contribution in [-0.4, -0.2) is 60.0 Å². The molecule has 1 saturated heterocycles. The standard InChI is InChI=1S/C11H18F2N2O3/c1-14(7-9(12)13)11(18)15-5-4-8(6-15)2-3-10(16)17/h8-9H,2-7H2,1H3,(H,16,17). The summed E-state index contributed by atoms with van der Waals surface area (Å²) in [4.78, 5) is 24.7. The number of alkyl halides is 2. The number of likely N-dealkylation sites (tertiary alicyclic amines) is 1. The van der Waals surface area contributed by atoms with Gasteiger partial charge >= 0.3 is 12.0 Å². The molecule has 0 aromatic carbocycles. The van der Waals surface area contributed by atoms with Gasteiger partial charge in [0.05, 0.1) is 6.54 Å². The van der Waals surface area contributed by atoms with Gasteiger partial charge in [0.25, 0.3) is 6.43 Å². The van der Waals surface area contributed by atoms with Crippen molar-refractivity contribution in [3.05, 3.63) is 0 Å². The SMILES string of the molecule is CN(CC(F)F)C(=O)N1CCC(CCC(=O)O)C1. The first kappa shape index (κ1) is 14.7. The lowest BCUT2D eigenvalue weighted by Crippen LogP contribution is -2.41. The largest absolute Gasteiger partial charge is 0.481 e. The van der Waals surface area contributed by atoms with Crippen molar-refractivity contribution in [1.29, 1.82) is 0 Å². The maximum atomic E-state index is 12.1. The Balaban J connectivity index is 2.36. The predicted octanol–water partition coefficient (Wildman–Crippen LogP) is 1.49. The molecule has 1 aliphatic rings. The summed E-state index contributed by atoms with van der Waals surface area (Å²) >= 11 is 0. The third-order valence-corrected chi connectivity index (χ3v) is 3.06. The van der Waals surface area contributed by atoms with Crippen LogP contribution < -0.4 is 0 Å². The van der Waals surface area contributed by atoms with Crippen molar-refractivity contribution in [2.45, 2.75) is 25.7 Å². The number of carboxylic acids is 1. The molecule has 1 aliphatic heterocycles. The van der Waals surface area contributed by atoms with Gasteiger partial charge in [-0.25, -0.2) is 13.6 Å². The molecule has 5 nitrogen and oxygen atoms in total. The molecule has 0 radical (unpaired) electrons. The number of hydrogen-bond donors (Lipinski definition) is 1. The highest BCUT2D eigenvalue weighted by Gasteiger charge is 2.28. The summed E-state index contributed by atoms with van der Waals surface area (Å²) in [6.45, 7) is 0.394. The first-order valence-corrected chi connectivity index (χ1v) is 5.90. The van der Waals surface area contributed by atoms with Crippen LogP contribution in [0, 0.1) is 5.92 Å². The van der Waals surface area contributed by atoms with Gasteiger partial charge in [-0.15, -0.1) is 0 Å². The number of amides is 2. The summed E-state index contributed by atoms with van der Waals surface area (Å²) < 4.78 is 24.3. The lowest BCUT2D eigenvalue weighted by atomic mass is 10.0. The van der Waals surface area contributed by atoms with Gasteiger partial charge in [0.2, 0.25) is 0 Å². The quantitative estimate of drug-likeness (QED) is 0.818. The van der Waals surface area contributed by atoms with Crippen molar-refractivity contribution < 1.29 is 23.5 Å². The Bertz CT molecular complexity index is 313. The van der Waals surface area contributed by atoms with Crippen LogP contribution in [0.25, 0.3) is 0 Å². The van der Waals surface area contributed by atoms with Crippen molar-refractivity contribution in [2.24, 2.45) is 5.92 Å². The number of rotatable bonds is 5. The Labute approximate surface area is 104 Å². The molecule has 0 aromatic rings. The van der Waals surface area contributed by atoms with E-state index >= 15 is 0 Å². The molecule has 104 valence electrons. The maximum absolute atomic E-state index is 12.1. The summed E-state index contributed by atoms with van der Waals surface area (Å²) in [5.41, 5.74) is 0. The zero-order valence-electron chi connectivity index (χ0n) is 10.3. The molecule has 1 rings (SSSR count). The smallest absolute Gasteiger partial charge is 0.319 e. The fourth-order valence-electron chi connectivity index (χ4n) is 2.10. The van der Waals surface area contributed by atoms with Gasteiger partial charge in [0.15, 0.2) is 0 Å². The molecule has 1 atom stereocenters. The van der Waals surface area contributed by atoms with E-state index in [1.165, 1.54) is 11.9 Å². The average molecular weight is 264 g/mol. The fourth-order valence-corrected chi connectivity index (χ4v) is 2.10. The van der Waals surface area contributed by atoms with E-state index in [1.54, 1.807) is 0 Å². The molecule has 1 heterocycles. The highest BCUT2D eigenvalue weighted by Crippen LogP contribution is 2.22. The molecule has 0 aromatic heterocycles. The average Bonchev–Trinajstić information content (AvgIpc) is 2.72. The summed E-state index contributed by atoms with van der Waals surface area (Å²) in [5, 5.41) is 8.56. The Hall–Kier alpha value is -1.40. The lowest BCUT2D eigenvalue weighted by Gasteiger charge is -2.24. The van der Waals surface area contributed by atoms with E-state index in [1.807, 2.05) is 0 Å². The Morgan fingerprint density at radius 3 is 2.72 bits per heavy atom. The summed E-state index contributed by atoms with van der Waals surface area (Å²) in [7, 11) is 1.35. The maximum Gasteiger partial charge on any atom is 0.319 e. The van der Waals surface area contributed by atoms with Crippen LogP contribution >= 0.6 is 0 Å². The number of carbonyl (C=O) groups excluding carboxylic acids is 1. The minimum atomic E-state index is -2.54. The minimum Gasteiger partial charge on any atom is -0.481 e. The van der Waals surface area contributed by atoms with Crippen molar-refractivity contribution in [1.82, 2.24) is 9.80 Å². The summed E-state index contributed by atoms with van der Waals surface area (Å²) in [6.07, 6.45) is -1.19. The Morgan fingerprint density at radius 2 is 2.17 bits per heavy atom. The van der Waals surface area contributed by atoms with E-state index in [0.717, 1.165) is 11.3 Å². The predicted molar refractivity (Wildman–Crippen MR) is 60.6 cm³/mol. The van der Waals surface area contributed by atoms with E-state index in [0.29, 0.717) is 19.5 Å². The van der Waals surface area contributed by atoms with Crippen molar-refractivity contribution >= 4 is 12.0 Å². The van der Waals surface area contributed by atoms with Crippen LogP contribution in [0.4, 0.5) is 13.6 Å². The molecule has 2 amide bonds. The molecule has 1 fully saturated rings. The van der Waals surface area contributed by atoms with E-state index in [-0.39, 0.29) is 12.3 Å². The topological polar surface area (TPSA) is 60.9 Å². The van der Waals surface area contributed by atoms with Crippen LogP contribution in [0.3, 0.4) is 0 Å². The van der Waals surface area contributed by atoms with Crippen LogP contribution in [0.1, 0.15) is 19.3 Å². The first-order valence-electron chi connectivity index (χ1n) is 5.90. The lowest BCUT2D eigenvalue weighted by molar-refractivity contribution is -0.137. The van der Waals surface area contributed by atoms with Gasteiger partial charge in [-0.3, -0.25) is 4.79 Å². The van der Waals surface area contributed by atoms with E-state index < -0.39 is 25.0 Å². The normalized spacial score (nSPS) is 19.3. The molecule has 18 heavy (non-hydrogen) atoms. The molecule has 0 saturated carbocycles. The van der Waals surface area contributed by atoms with Crippen LogP contribution in [0.5, 0.6) is 0 Å². The fraction of sp³-hybridized carbons (Fsp3) is 0.818. The van der Waals surface area contributed by atoms with Gasteiger partial charge in [-0.05, 0) is 18.8 Å². The number of nitrogens with zero attached hydrogens (tertiary/aromatic N) is 2. The number of aliphatic carboxylic acids is 1. The van der Waals surface area contributed by atoms with Crippen molar-refractivity contribution in [3.63, 3.8) is 0 Å².